The van der Waals surface area contributed by atoms with Gasteiger partial charge in [0.15, 0.2) is 0 Å². The van der Waals surface area contributed by atoms with Gasteiger partial charge in [-0.15, -0.1) is 0 Å². The SMILES string of the molecule is C=CC(=O)N1CCC[C@H](Oc2nc(Nc3cnn(C)c3)nc3[nH]cc(Cl)c23)CC1. The zero-order valence-corrected chi connectivity index (χ0v) is 16.8. The molecule has 1 amide bonds. The number of hydrogen-bond acceptors (Lipinski definition) is 6. The summed E-state index contributed by atoms with van der Waals surface area (Å²) < 4.78 is 7.94. The number of fused-ring (bicyclic) bond motifs is 1. The van der Waals surface area contributed by atoms with Crippen LogP contribution in [0.5, 0.6) is 5.88 Å². The maximum atomic E-state index is 11.9. The zero-order chi connectivity index (χ0) is 20.4. The van der Waals surface area contributed by atoms with Gasteiger partial charge in [-0.05, 0) is 18.9 Å². The van der Waals surface area contributed by atoms with Gasteiger partial charge in [-0.25, -0.2) is 0 Å². The Labute approximate surface area is 172 Å². The van der Waals surface area contributed by atoms with Crippen LogP contribution in [0.25, 0.3) is 11.0 Å². The number of ether oxygens (including phenoxy) is 1. The molecular formula is C19H22ClN7O2. The molecule has 0 spiro atoms. The van der Waals surface area contributed by atoms with Gasteiger partial charge in [0.25, 0.3) is 0 Å². The van der Waals surface area contributed by atoms with Gasteiger partial charge < -0.3 is 19.9 Å². The number of aryl methyl sites for hydroxylation is 1. The number of carbonyl (C=O) groups excluding carboxylic acids is 1. The van der Waals surface area contributed by atoms with E-state index in [9.17, 15) is 4.79 Å². The second-order valence-corrected chi connectivity index (χ2v) is 7.35. The molecule has 2 N–H and O–H groups in total. The van der Waals surface area contributed by atoms with Crippen molar-refractivity contribution in [3.05, 3.63) is 36.3 Å². The van der Waals surface area contributed by atoms with E-state index in [1.807, 2.05) is 13.2 Å². The summed E-state index contributed by atoms with van der Waals surface area (Å²) in [7, 11) is 1.83. The lowest BCUT2D eigenvalue weighted by Gasteiger charge is -2.19. The Morgan fingerprint density at radius 2 is 2.28 bits per heavy atom. The number of amides is 1. The fourth-order valence-corrected chi connectivity index (χ4v) is 3.64. The van der Waals surface area contributed by atoms with Crippen LogP contribution in [-0.2, 0) is 11.8 Å². The lowest BCUT2D eigenvalue weighted by atomic mass is 10.1. The molecule has 1 aliphatic rings. The second kappa shape index (κ2) is 8.12. The Morgan fingerprint density at radius 1 is 1.41 bits per heavy atom. The van der Waals surface area contributed by atoms with Crippen molar-refractivity contribution < 1.29 is 9.53 Å². The maximum absolute atomic E-state index is 11.9. The van der Waals surface area contributed by atoms with Gasteiger partial charge in [0, 0.05) is 39.0 Å². The maximum Gasteiger partial charge on any atom is 0.245 e. The van der Waals surface area contributed by atoms with Crippen molar-refractivity contribution in [2.24, 2.45) is 7.05 Å². The number of hydrogen-bond donors (Lipinski definition) is 2. The third kappa shape index (κ3) is 4.19. The lowest BCUT2D eigenvalue weighted by Crippen LogP contribution is -2.30. The molecule has 1 saturated heterocycles. The second-order valence-electron chi connectivity index (χ2n) is 6.94. The van der Waals surface area contributed by atoms with Gasteiger partial charge in [0.2, 0.25) is 17.7 Å². The van der Waals surface area contributed by atoms with Crippen molar-refractivity contribution in [3.63, 3.8) is 0 Å². The van der Waals surface area contributed by atoms with Crippen LogP contribution in [0.2, 0.25) is 5.02 Å². The smallest absolute Gasteiger partial charge is 0.245 e. The highest BCUT2D eigenvalue weighted by molar-refractivity contribution is 6.35. The monoisotopic (exact) mass is 415 g/mol. The molecular weight excluding hydrogens is 394 g/mol. The molecule has 3 aromatic heterocycles. The largest absolute Gasteiger partial charge is 0.474 e. The third-order valence-electron chi connectivity index (χ3n) is 4.85. The zero-order valence-electron chi connectivity index (χ0n) is 16.1. The van der Waals surface area contributed by atoms with Gasteiger partial charge in [-0.3, -0.25) is 9.48 Å². The van der Waals surface area contributed by atoms with Crippen LogP contribution in [0.4, 0.5) is 11.6 Å². The molecule has 1 fully saturated rings. The Balaban J connectivity index is 1.57. The lowest BCUT2D eigenvalue weighted by molar-refractivity contribution is -0.126. The molecule has 3 aromatic rings. The van der Waals surface area contributed by atoms with Gasteiger partial charge >= 0.3 is 0 Å². The summed E-state index contributed by atoms with van der Waals surface area (Å²) in [5.74, 6) is 0.754. The summed E-state index contributed by atoms with van der Waals surface area (Å²) >= 11 is 6.34. The van der Waals surface area contributed by atoms with Crippen LogP contribution in [0.15, 0.2) is 31.2 Å². The van der Waals surface area contributed by atoms with Crippen LogP contribution in [0.3, 0.4) is 0 Å². The van der Waals surface area contributed by atoms with Crippen molar-refractivity contribution in [1.82, 2.24) is 29.6 Å². The van der Waals surface area contributed by atoms with Crippen LogP contribution in [0, 0.1) is 0 Å². The highest BCUT2D eigenvalue weighted by Crippen LogP contribution is 2.33. The third-order valence-corrected chi connectivity index (χ3v) is 5.15. The van der Waals surface area contributed by atoms with E-state index in [4.69, 9.17) is 16.3 Å². The molecule has 4 heterocycles. The van der Waals surface area contributed by atoms with Crippen LogP contribution in [0.1, 0.15) is 19.3 Å². The molecule has 1 aliphatic heterocycles. The average Bonchev–Trinajstić information content (AvgIpc) is 3.19. The number of halogens is 1. The molecule has 0 aliphatic carbocycles. The molecule has 0 aromatic carbocycles. The van der Waals surface area contributed by atoms with Crippen molar-refractivity contribution >= 4 is 40.2 Å². The number of nitrogens with zero attached hydrogens (tertiary/aromatic N) is 5. The molecule has 0 saturated carbocycles. The first kappa shape index (κ1) is 19.3. The van der Waals surface area contributed by atoms with Gasteiger partial charge in [-0.1, -0.05) is 18.2 Å². The first-order chi connectivity index (χ1) is 14.0. The summed E-state index contributed by atoms with van der Waals surface area (Å²) in [4.78, 5) is 25.8. The van der Waals surface area contributed by atoms with E-state index in [0.717, 1.165) is 18.5 Å². The summed E-state index contributed by atoms with van der Waals surface area (Å²) in [6.07, 6.45) is 8.83. The minimum atomic E-state index is -0.0760. The van der Waals surface area contributed by atoms with Crippen molar-refractivity contribution in [2.45, 2.75) is 25.4 Å². The minimum Gasteiger partial charge on any atom is -0.474 e. The number of carbonyl (C=O) groups is 1. The van der Waals surface area contributed by atoms with Crippen LogP contribution < -0.4 is 10.1 Å². The molecule has 0 radical (unpaired) electrons. The normalized spacial score (nSPS) is 17.2. The Hall–Kier alpha value is -3.07. The van der Waals surface area contributed by atoms with Crippen molar-refractivity contribution in [2.75, 3.05) is 18.4 Å². The molecule has 152 valence electrons. The molecule has 0 bridgehead atoms. The molecule has 29 heavy (non-hydrogen) atoms. The van der Waals surface area contributed by atoms with E-state index < -0.39 is 0 Å². The number of nitrogens with one attached hydrogen (secondary N) is 2. The molecule has 10 heteroatoms. The molecule has 9 nitrogen and oxygen atoms in total. The Morgan fingerprint density at radius 3 is 3.03 bits per heavy atom. The Bertz CT molecular complexity index is 1040. The van der Waals surface area contributed by atoms with Crippen LogP contribution in [-0.4, -0.2) is 54.7 Å². The summed E-state index contributed by atoms with van der Waals surface area (Å²) in [5.41, 5.74) is 1.35. The van der Waals surface area contributed by atoms with Gasteiger partial charge in [0.1, 0.15) is 11.8 Å². The molecule has 4 rings (SSSR count). The van der Waals surface area contributed by atoms with E-state index in [1.54, 1.807) is 22.0 Å². The summed E-state index contributed by atoms with van der Waals surface area (Å²) in [5, 5.41) is 8.41. The highest BCUT2D eigenvalue weighted by atomic mass is 35.5. The summed E-state index contributed by atoms with van der Waals surface area (Å²) in [6.45, 7) is 4.88. The molecule has 1 atom stereocenters. The predicted octanol–water partition coefficient (Wildman–Crippen LogP) is 3.03. The first-order valence-electron chi connectivity index (χ1n) is 9.42. The Kier molecular flexibility index (Phi) is 5.39. The van der Waals surface area contributed by atoms with Crippen molar-refractivity contribution in [3.8, 4) is 5.88 Å². The standard InChI is InChI=1S/C19H22ClN7O2/c1-3-15(28)27-7-4-5-13(6-8-27)29-18-16-14(20)10-21-17(16)24-19(25-18)23-12-9-22-26(2)11-12/h3,9-11,13H,1,4-8H2,2H3,(H2,21,23,24,25)/t13-/m0/s1. The number of aromatic amines is 1. The average molecular weight is 416 g/mol. The number of likely N-dealkylation sites (tertiary alicyclic amines) is 1. The number of anilines is 2. The van der Waals surface area contributed by atoms with E-state index in [1.165, 1.54) is 6.08 Å². The van der Waals surface area contributed by atoms with E-state index in [2.05, 4.69) is 31.9 Å². The fraction of sp³-hybridized carbons (Fsp3) is 0.368. The summed E-state index contributed by atoms with van der Waals surface area (Å²) in [6, 6.07) is 0. The number of H-pyrrole nitrogens is 1. The van der Waals surface area contributed by atoms with Crippen molar-refractivity contribution in [1.29, 1.82) is 0 Å². The number of rotatable bonds is 5. The van der Waals surface area contributed by atoms with E-state index in [0.29, 0.717) is 47.4 Å². The topological polar surface area (TPSA) is 101 Å². The highest BCUT2D eigenvalue weighted by Gasteiger charge is 2.23. The first-order valence-corrected chi connectivity index (χ1v) is 9.79. The number of aromatic nitrogens is 5. The van der Waals surface area contributed by atoms with E-state index in [-0.39, 0.29) is 12.0 Å². The van der Waals surface area contributed by atoms with E-state index >= 15 is 0 Å². The molecule has 0 unspecified atom stereocenters. The van der Waals surface area contributed by atoms with Gasteiger partial charge in [0.05, 0.1) is 22.3 Å². The predicted molar refractivity (Wildman–Crippen MR) is 110 cm³/mol. The van der Waals surface area contributed by atoms with Crippen LogP contribution >= 0.6 is 11.6 Å². The fourth-order valence-electron chi connectivity index (χ4n) is 3.41. The minimum absolute atomic E-state index is 0.0493. The quantitative estimate of drug-likeness (QED) is 0.621. The van der Waals surface area contributed by atoms with Gasteiger partial charge in [-0.2, -0.15) is 15.1 Å².